The summed E-state index contributed by atoms with van der Waals surface area (Å²) in [6.07, 6.45) is 1.86. The van der Waals surface area contributed by atoms with Crippen LogP contribution in [0.4, 0.5) is 5.69 Å². The maximum atomic E-state index is 13.2. The number of rotatable bonds is 4. The van der Waals surface area contributed by atoms with Gasteiger partial charge in [-0.1, -0.05) is 12.1 Å². The van der Waals surface area contributed by atoms with Gasteiger partial charge in [-0.15, -0.1) is 0 Å². The summed E-state index contributed by atoms with van der Waals surface area (Å²) in [6, 6.07) is 6.72. The molecule has 142 valence electrons. The first kappa shape index (κ1) is 17.5. The van der Waals surface area contributed by atoms with Gasteiger partial charge in [0.1, 0.15) is 0 Å². The van der Waals surface area contributed by atoms with Gasteiger partial charge in [-0.25, -0.2) is 4.79 Å². The number of anilines is 1. The normalized spacial score (nSPS) is 23.8. The van der Waals surface area contributed by atoms with E-state index in [1.54, 1.807) is 38.4 Å². The molecule has 27 heavy (non-hydrogen) atoms. The van der Waals surface area contributed by atoms with Crippen molar-refractivity contribution in [1.29, 1.82) is 0 Å². The summed E-state index contributed by atoms with van der Waals surface area (Å²) >= 11 is 0. The van der Waals surface area contributed by atoms with Gasteiger partial charge in [0.15, 0.2) is 6.61 Å². The zero-order valence-electron chi connectivity index (χ0n) is 15.3. The monoisotopic (exact) mass is 371 g/mol. The Morgan fingerprint density at radius 2 is 1.93 bits per heavy atom. The Morgan fingerprint density at radius 3 is 2.59 bits per heavy atom. The molecule has 0 bridgehead atoms. The van der Waals surface area contributed by atoms with Crippen molar-refractivity contribution in [2.75, 3.05) is 25.6 Å². The molecule has 1 aromatic rings. The molecule has 0 spiro atoms. The molecule has 2 aliphatic heterocycles. The number of hydrogen-bond acceptors (Lipinski definition) is 5. The molecular formula is C19H21N3O5. The molecule has 1 atom stereocenters. The first-order valence-corrected chi connectivity index (χ1v) is 9.01. The van der Waals surface area contributed by atoms with E-state index in [0.717, 1.165) is 12.8 Å². The molecule has 8 heteroatoms. The van der Waals surface area contributed by atoms with E-state index in [1.807, 2.05) is 0 Å². The quantitative estimate of drug-likeness (QED) is 0.730. The second-order valence-corrected chi connectivity index (χ2v) is 7.33. The molecule has 1 aliphatic carbocycles. The van der Waals surface area contributed by atoms with Crippen molar-refractivity contribution in [3.8, 4) is 0 Å². The molecule has 1 saturated heterocycles. The Morgan fingerprint density at radius 1 is 1.22 bits per heavy atom. The Labute approximate surface area is 156 Å². The summed E-state index contributed by atoms with van der Waals surface area (Å²) in [4.78, 5) is 55.2. The standard InChI is InChI=1S/C19H21N3O5/c1-20(2)16(24)11-27-18(26)19-10-9-15(23)22(19)14-6-4-3-5-13(14)17(25)21(19)12-7-8-12/h3-6,12H,7-11H2,1-2H3/t19-/m0/s1. The van der Waals surface area contributed by atoms with Crippen molar-refractivity contribution in [3.05, 3.63) is 29.8 Å². The third-order valence-electron chi connectivity index (χ3n) is 5.36. The SMILES string of the molecule is CN(C)C(=O)COC(=O)[C@]12CCC(=O)N1c1ccccc1C(=O)N2C1CC1. The van der Waals surface area contributed by atoms with E-state index in [0.29, 0.717) is 11.3 Å². The van der Waals surface area contributed by atoms with E-state index in [4.69, 9.17) is 4.74 Å². The summed E-state index contributed by atoms with van der Waals surface area (Å²) in [5, 5.41) is 0. The van der Waals surface area contributed by atoms with Crippen LogP contribution in [0.3, 0.4) is 0 Å². The minimum absolute atomic E-state index is 0.101. The van der Waals surface area contributed by atoms with E-state index >= 15 is 0 Å². The van der Waals surface area contributed by atoms with Crippen LogP contribution < -0.4 is 4.90 Å². The number of likely N-dealkylation sites (N-methyl/N-ethyl adjacent to an activating group) is 1. The fraction of sp³-hybridized carbons (Fsp3) is 0.474. The Hall–Kier alpha value is -2.90. The van der Waals surface area contributed by atoms with E-state index in [1.165, 1.54) is 14.7 Å². The van der Waals surface area contributed by atoms with Gasteiger partial charge >= 0.3 is 5.97 Å². The van der Waals surface area contributed by atoms with Gasteiger partial charge in [-0.05, 0) is 25.0 Å². The highest BCUT2D eigenvalue weighted by atomic mass is 16.5. The predicted octanol–water partition coefficient (Wildman–Crippen LogP) is 0.759. The van der Waals surface area contributed by atoms with Crippen LogP contribution in [0.1, 0.15) is 36.0 Å². The van der Waals surface area contributed by atoms with Gasteiger partial charge in [0.25, 0.3) is 11.8 Å². The fourth-order valence-corrected chi connectivity index (χ4v) is 3.88. The Kier molecular flexibility index (Phi) is 3.94. The Bertz CT molecular complexity index is 848. The van der Waals surface area contributed by atoms with Crippen molar-refractivity contribution < 1.29 is 23.9 Å². The van der Waals surface area contributed by atoms with Crippen molar-refractivity contribution in [1.82, 2.24) is 9.80 Å². The van der Waals surface area contributed by atoms with Crippen molar-refractivity contribution >= 4 is 29.4 Å². The van der Waals surface area contributed by atoms with E-state index in [2.05, 4.69) is 0 Å². The number of nitrogens with zero attached hydrogens (tertiary/aromatic N) is 3. The number of carbonyl (C=O) groups excluding carboxylic acids is 4. The number of amides is 3. The highest BCUT2D eigenvalue weighted by Gasteiger charge is 2.64. The fourth-order valence-electron chi connectivity index (χ4n) is 3.88. The molecule has 0 unspecified atom stereocenters. The van der Waals surface area contributed by atoms with Gasteiger partial charge < -0.3 is 14.5 Å². The molecule has 3 aliphatic rings. The van der Waals surface area contributed by atoms with Gasteiger partial charge in [-0.2, -0.15) is 0 Å². The summed E-state index contributed by atoms with van der Waals surface area (Å²) in [7, 11) is 3.13. The lowest BCUT2D eigenvalue weighted by Gasteiger charge is -2.48. The van der Waals surface area contributed by atoms with Crippen LogP contribution in [0.25, 0.3) is 0 Å². The molecule has 0 aromatic heterocycles. The van der Waals surface area contributed by atoms with E-state index in [9.17, 15) is 19.2 Å². The van der Waals surface area contributed by atoms with Crippen LogP contribution in [-0.2, 0) is 19.1 Å². The van der Waals surface area contributed by atoms with Gasteiger partial charge in [0.2, 0.25) is 11.6 Å². The second-order valence-electron chi connectivity index (χ2n) is 7.33. The Balaban J connectivity index is 1.78. The van der Waals surface area contributed by atoms with Crippen LogP contribution >= 0.6 is 0 Å². The number of carbonyl (C=O) groups is 4. The third kappa shape index (κ3) is 2.50. The van der Waals surface area contributed by atoms with Crippen molar-refractivity contribution in [3.63, 3.8) is 0 Å². The minimum Gasteiger partial charge on any atom is -0.452 e. The van der Waals surface area contributed by atoms with Crippen LogP contribution in [0.15, 0.2) is 24.3 Å². The van der Waals surface area contributed by atoms with Gasteiger partial charge in [-0.3, -0.25) is 19.3 Å². The van der Waals surface area contributed by atoms with Crippen molar-refractivity contribution in [2.24, 2.45) is 0 Å². The van der Waals surface area contributed by atoms with Gasteiger partial charge in [0, 0.05) is 33.0 Å². The summed E-state index contributed by atoms with van der Waals surface area (Å²) in [5.74, 6) is -1.58. The van der Waals surface area contributed by atoms with Crippen molar-refractivity contribution in [2.45, 2.75) is 37.4 Å². The van der Waals surface area contributed by atoms with Crippen LogP contribution in [-0.4, -0.2) is 65.9 Å². The number of ether oxygens (including phenoxy) is 1. The average Bonchev–Trinajstić information content (AvgIpc) is 3.42. The molecule has 1 saturated carbocycles. The number of benzene rings is 1. The highest BCUT2D eigenvalue weighted by molar-refractivity contribution is 6.15. The lowest BCUT2D eigenvalue weighted by atomic mass is 9.96. The molecule has 4 rings (SSSR count). The average molecular weight is 371 g/mol. The van der Waals surface area contributed by atoms with Crippen LogP contribution in [0.2, 0.25) is 0 Å². The second kappa shape index (κ2) is 6.07. The van der Waals surface area contributed by atoms with Crippen LogP contribution in [0, 0.1) is 0 Å². The molecule has 0 N–H and O–H groups in total. The third-order valence-corrected chi connectivity index (χ3v) is 5.36. The molecule has 8 nitrogen and oxygen atoms in total. The topological polar surface area (TPSA) is 87.2 Å². The number of fused-ring (bicyclic) bond motifs is 3. The number of hydrogen-bond donors (Lipinski definition) is 0. The van der Waals surface area contributed by atoms with Crippen LogP contribution in [0.5, 0.6) is 0 Å². The zero-order valence-corrected chi connectivity index (χ0v) is 15.3. The molecule has 2 fully saturated rings. The first-order chi connectivity index (χ1) is 12.9. The molecule has 3 amide bonds. The molecule has 1 aromatic carbocycles. The predicted molar refractivity (Wildman–Crippen MR) is 94.7 cm³/mol. The maximum absolute atomic E-state index is 13.2. The maximum Gasteiger partial charge on any atom is 0.354 e. The lowest BCUT2D eigenvalue weighted by molar-refractivity contribution is -0.161. The number of para-hydroxylation sites is 1. The smallest absolute Gasteiger partial charge is 0.354 e. The van der Waals surface area contributed by atoms with E-state index in [-0.39, 0.29) is 36.6 Å². The molecular weight excluding hydrogens is 350 g/mol. The largest absolute Gasteiger partial charge is 0.452 e. The minimum atomic E-state index is -1.50. The van der Waals surface area contributed by atoms with E-state index < -0.39 is 18.2 Å². The molecule has 0 radical (unpaired) electrons. The summed E-state index contributed by atoms with van der Waals surface area (Å²) in [6.45, 7) is -0.427. The lowest BCUT2D eigenvalue weighted by Crippen LogP contribution is -2.69. The van der Waals surface area contributed by atoms with Gasteiger partial charge in [0.05, 0.1) is 11.3 Å². The number of esters is 1. The molecule has 2 heterocycles. The first-order valence-electron chi connectivity index (χ1n) is 9.01. The highest BCUT2D eigenvalue weighted by Crippen LogP contribution is 2.49. The summed E-state index contributed by atoms with van der Waals surface area (Å²) < 4.78 is 5.31. The summed E-state index contributed by atoms with van der Waals surface area (Å²) in [5.41, 5.74) is -0.666. The zero-order chi connectivity index (χ0) is 19.3.